The second-order valence-corrected chi connectivity index (χ2v) is 19.3. The first-order chi connectivity index (χ1) is 31.5. The number of amides is 1. The molecule has 0 saturated heterocycles. The van der Waals surface area contributed by atoms with Crippen molar-refractivity contribution in [3.8, 4) is 0 Å². The molecule has 6 nitrogen and oxygen atoms in total. The van der Waals surface area contributed by atoms with E-state index in [0.717, 1.165) is 77.0 Å². The Hall–Kier alpha value is -1.92. The number of unbranched alkanes of at least 4 members (excludes halogenated alkanes) is 37. The molecule has 6 heteroatoms. The SMILES string of the molecule is CCCCC/C=C\CCCCCCCC(=O)OCCCC/C=C\CCCCCCC(=O)NC(CO)C(O)/C=C/CCCCCCCCCCCCCCCCCCCCCCCCC. The van der Waals surface area contributed by atoms with E-state index in [1.165, 1.54) is 193 Å². The van der Waals surface area contributed by atoms with Gasteiger partial charge < -0.3 is 20.3 Å². The molecule has 0 aromatic carbocycles. The van der Waals surface area contributed by atoms with Gasteiger partial charge >= 0.3 is 5.97 Å². The molecule has 2 unspecified atom stereocenters. The molecule has 0 spiro atoms. The first-order valence-corrected chi connectivity index (χ1v) is 28.3. The van der Waals surface area contributed by atoms with Crippen LogP contribution in [-0.2, 0) is 14.3 Å². The number of aliphatic hydroxyl groups excluding tert-OH is 2. The summed E-state index contributed by atoms with van der Waals surface area (Å²) >= 11 is 0. The van der Waals surface area contributed by atoms with Crippen LogP contribution in [0.25, 0.3) is 0 Å². The van der Waals surface area contributed by atoms with Crippen LogP contribution in [0.3, 0.4) is 0 Å². The summed E-state index contributed by atoms with van der Waals surface area (Å²) < 4.78 is 5.42. The highest BCUT2D eigenvalue weighted by atomic mass is 16.5. The van der Waals surface area contributed by atoms with Gasteiger partial charge in [0.25, 0.3) is 0 Å². The van der Waals surface area contributed by atoms with E-state index in [9.17, 15) is 19.8 Å². The maximum atomic E-state index is 12.5. The van der Waals surface area contributed by atoms with E-state index in [4.69, 9.17) is 4.74 Å². The second kappa shape index (κ2) is 53.7. The zero-order valence-corrected chi connectivity index (χ0v) is 42.8. The number of nitrogens with one attached hydrogen (secondary N) is 1. The number of ether oxygens (including phenoxy) is 1. The maximum Gasteiger partial charge on any atom is 0.305 e. The van der Waals surface area contributed by atoms with E-state index in [2.05, 4.69) is 43.5 Å². The average molecular weight is 901 g/mol. The molecular formula is C58H109NO5. The molecule has 0 aromatic heterocycles. The number of hydrogen-bond acceptors (Lipinski definition) is 5. The van der Waals surface area contributed by atoms with Crippen molar-refractivity contribution in [2.75, 3.05) is 13.2 Å². The first kappa shape index (κ1) is 62.1. The van der Waals surface area contributed by atoms with Crippen LogP contribution in [0.2, 0.25) is 0 Å². The lowest BCUT2D eigenvalue weighted by atomic mass is 10.0. The zero-order chi connectivity index (χ0) is 46.5. The maximum absolute atomic E-state index is 12.5. The van der Waals surface area contributed by atoms with E-state index < -0.39 is 12.1 Å². The Balaban J connectivity index is 3.55. The van der Waals surface area contributed by atoms with Crippen LogP contribution in [0.15, 0.2) is 36.5 Å². The molecule has 3 N–H and O–H groups in total. The van der Waals surface area contributed by atoms with E-state index >= 15 is 0 Å². The van der Waals surface area contributed by atoms with Crippen LogP contribution < -0.4 is 5.32 Å². The Morgan fingerprint density at radius 2 is 0.734 bits per heavy atom. The molecule has 0 aliphatic heterocycles. The summed E-state index contributed by atoms with van der Waals surface area (Å²) in [4.78, 5) is 24.5. The number of aliphatic hydroxyl groups is 2. The third-order valence-electron chi connectivity index (χ3n) is 12.9. The van der Waals surface area contributed by atoms with Crippen LogP contribution in [0, 0.1) is 0 Å². The quantitative estimate of drug-likeness (QED) is 0.0321. The summed E-state index contributed by atoms with van der Waals surface area (Å²) in [5.74, 6) is -0.151. The van der Waals surface area contributed by atoms with Crippen molar-refractivity contribution in [2.24, 2.45) is 0 Å². The highest BCUT2D eigenvalue weighted by Crippen LogP contribution is 2.17. The predicted molar refractivity (Wildman–Crippen MR) is 278 cm³/mol. The molecule has 0 radical (unpaired) electrons. The van der Waals surface area contributed by atoms with Gasteiger partial charge in [-0.15, -0.1) is 0 Å². The van der Waals surface area contributed by atoms with Crippen LogP contribution in [0.4, 0.5) is 0 Å². The molecule has 0 bridgehead atoms. The van der Waals surface area contributed by atoms with Gasteiger partial charge in [0.05, 0.1) is 25.4 Å². The minimum absolute atomic E-state index is 0.0483. The minimum atomic E-state index is -0.868. The molecule has 2 atom stereocenters. The Morgan fingerprint density at radius 3 is 1.14 bits per heavy atom. The van der Waals surface area contributed by atoms with Gasteiger partial charge in [0.2, 0.25) is 5.91 Å². The van der Waals surface area contributed by atoms with Gasteiger partial charge in [-0.1, -0.05) is 237 Å². The smallest absolute Gasteiger partial charge is 0.305 e. The number of carbonyl (C=O) groups excluding carboxylic acids is 2. The second-order valence-electron chi connectivity index (χ2n) is 19.3. The monoisotopic (exact) mass is 900 g/mol. The van der Waals surface area contributed by atoms with Gasteiger partial charge in [-0.3, -0.25) is 9.59 Å². The predicted octanol–water partition coefficient (Wildman–Crippen LogP) is 17.2. The number of esters is 1. The fraction of sp³-hybridized carbons (Fsp3) is 0.862. The summed E-state index contributed by atoms with van der Waals surface area (Å²) in [7, 11) is 0. The standard InChI is InChI=1S/C58H109NO5/c1-3-5-7-9-11-13-15-17-18-19-20-21-22-23-24-25-26-27-28-29-30-34-38-42-46-50-56(61)55(54-60)59-57(62)51-47-43-39-35-32-33-37-41-45-49-53-64-58(63)52-48-44-40-36-31-16-14-12-10-8-6-4-2/h12,14,33,37,46,50,55-56,60-61H,3-11,13,15-32,34-36,38-45,47-49,51-54H2,1-2H3,(H,59,62)/b14-12-,37-33-,50-46+. The molecule has 0 rings (SSSR count). The van der Waals surface area contributed by atoms with Crippen molar-refractivity contribution < 1.29 is 24.5 Å². The highest BCUT2D eigenvalue weighted by molar-refractivity contribution is 5.76. The zero-order valence-electron chi connectivity index (χ0n) is 42.8. The normalized spacial score (nSPS) is 12.9. The van der Waals surface area contributed by atoms with Crippen molar-refractivity contribution in [1.29, 1.82) is 0 Å². The first-order valence-electron chi connectivity index (χ1n) is 28.3. The van der Waals surface area contributed by atoms with Crippen LogP contribution in [0.5, 0.6) is 0 Å². The molecular weight excluding hydrogens is 791 g/mol. The fourth-order valence-electron chi connectivity index (χ4n) is 8.50. The third kappa shape index (κ3) is 49.5. The van der Waals surface area contributed by atoms with E-state index in [-0.39, 0.29) is 18.5 Å². The number of allylic oxidation sites excluding steroid dienone is 5. The largest absolute Gasteiger partial charge is 0.466 e. The Morgan fingerprint density at radius 1 is 0.422 bits per heavy atom. The van der Waals surface area contributed by atoms with Gasteiger partial charge in [0, 0.05) is 12.8 Å². The molecule has 0 saturated carbocycles. The van der Waals surface area contributed by atoms with E-state index in [0.29, 0.717) is 19.4 Å². The van der Waals surface area contributed by atoms with Crippen molar-refractivity contribution in [1.82, 2.24) is 5.32 Å². The minimum Gasteiger partial charge on any atom is -0.466 e. The van der Waals surface area contributed by atoms with Gasteiger partial charge in [-0.25, -0.2) is 0 Å². The van der Waals surface area contributed by atoms with Gasteiger partial charge in [-0.2, -0.15) is 0 Å². The highest BCUT2D eigenvalue weighted by Gasteiger charge is 2.18. The van der Waals surface area contributed by atoms with E-state index in [1.54, 1.807) is 6.08 Å². The van der Waals surface area contributed by atoms with Gasteiger partial charge in [0.15, 0.2) is 0 Å². The lowest BCUT2D eigenvalue weighted by molar-refractivity contribution is -0.143. The van der Waals surface area contributed by atoms with Crippen molar-refractivity contribution in [2.45, 2.75) is 309 Å². The Kier molecular flexibility index (Phi) is 52.1. The summed E-state index contributed by atoms with van der Waals surface area (Å²) in [5.41, 5.74) is 0. The molecule has 0 fully saturated rings. The average Bonchev–Trinajstić information content (AvgIpc) is 3.29. The summed E-state index contributed by atoms with van der Waals surface area (Å²) in [6.07, 6.45) is 66.0. The van der Waals surface area contributed by atoms with Gasteiger partial charge in [0.1, 0.15) is 0 Å². The molecule has 0 aliphatic rings. The van der Waals surface area contributed by atoms with Crippen LogP contribution >= 0.6 is 0 Å². The topological polar surface area (TPSA) is 95.9 Å². The van der Waals surface area contributed by atoms with Crippen molar-refractivity contribution in [3.05, 3.63) is 36.5 Å². The van der Waals surface area contributed by atoms with Crippen LogP contribution in [-0.4, -0.2) is 47.4 Å². The Labute approximate surface area is 398 Å². The summed E-state index contributed by atoms with van der Waals surface area (Å²) in [5, 5.41) is 23.1. The molecule has 1 amide bonds. The molecule has 0 aliphatic carbocycles. The van der Waals surface area contributed by atoms with Crippen LogP contribution in [0.1, 0.15) is 296 Å². The lowest BCUT2D eigenvalue weighted by Crippen LogP contribution is -2.45. The molecule has 64 heavy (non-hydrogen) atoms. The fourth-order valence-corrected chi connectivity index (χ4v) is 8.50. The van der Waals surface area contributed by atoms with E-state index in [1.807, 2.05) is 6.08 Å². The molecule has 0 heterocycles. The summed E-state index contributed by atoms with van der Waals surface area (Å²) in [6.45, 7) is 4.79. The van der Waals surface area contributed by atoms with Crippen molar-refractivity contribution >= 4 is 11.9 Å². The molecule has 0 aromatic rings. The number of carbonyl (C=O) groups is 2. The number of rotatable bonds is 52. The number of hydrogen-bond donors (Lipinski definition) is 3. The molecule has 376 valence electrons. The Bertz CT molecular complexity index is 1040. The lowest BCUT2D eigenvalue weighted by Gasteiger charge is -2.20. The summed E-state index contributed by atoms with van der Waals surface area (Å²) in [6, 6.07) is -0.655. The van der Waals surface area contributed by atoms with Gasteiger partial charge in [-0.05, 0) is 83.5 Å². The van der Waals surface area contributed by atoms with Crippen molar-refractivity contribution in [3.63, 3.8) is 0 Å². The third-order valence-corrected chi connectivity index (χ3v) is 12.9.